The third kappa shape index (κ3) is 43.1. The van der Waals surface area contributed by atoms with E-state index in [9.17, 15) is 33.7 Å². The van der Waals surface area contributed by atoms with Gasteiger partial charge in [-0.3, -0.25) is 0 Å². The van der Waals surface area contributed by atoms with Gasteiger partial charge in [0.2, 0.25) is 10.0 Å². The lowest BCUT2D eigenvalue weighted by Gasteiger charge is -2.24. The Morgan fingerprint density at radius 2 is 1.28 bits per heavy atom. The third-order valence-electron chi connectivity index (χ3n) is 1.67. The van der Waals surface area contributed by atoms with Crippen molar-refractivity contribution in [3.05, 3.63) is 4.13 Å². The van der Waals surface area contributed by atoms with Crippen LogP contribution in [0.2, 0.25) is 0 Å². The van der Waals surface area contributed by atoms with Crippen LogP contribution in [0.3, 0.4) is 0 Å². The van der Waals surface area contributed by atoms with Gasteiger partial charge in [-0.15, -0.1) is 12.4 Å². The minimum atomic E-state index is -4.15. The Bertz CT molecular complexity index is 769. The number of nitrogens with zero attached hydrogens (tertiary/aromatic N) is 2. The molecule has 0 atom stereocenters. The van der Waals surface area contributed by atoms with Crippen molar-refractivity contribution in [2.45, 2.75) is 13.8 Å². The number of sulfonamides is 2. The molecule has 0 fully saturated rings. The van der Waals surface area contributed by atoms with Gasteiger partial charge in [-0.05, 0) is 13.6 Å². The van der Waals surface area contributed by atoms with Crippen LogP contribution in [0.5, 0.6) is 0 Å². The summed E-state index contributed by atoms with van der Waals surface area (Å²) < 4.78 is 87.6. The van der Waals surface area contributed by atoms with Gasteiger partial charge in [-0.25, -0.2) is 29.6 Å². The summed E-state index contributed by atoms with van der Waals surface area (Å²) in [4.78, 5) is 0. The molecule has 0 rings (SSSR count). The summed E-state index contributed by atoms with van der Waals surface area (Å²) >= 11 is 0. The van der Waals surface area contributed by atoms with E-state index >= 15 is 0 Å². The van der Waals surface area contributed by atoms with Crippen LogP contribution >= 0.6 is 23.1 Å². The molecule has 0 saturated heterocycles. The van der Waals surface area contributed by atoms with Crippen molar-refractivity contribution in [3.63, 3.8) is 0 Å². The zero-order chi connectivity index (χ0) is 23.8. The molecule has 0 aliphatic carbocycles. The van der Waals surface area contributed by atoms with Gasteiger partial charge in [-0.1, -0.05) is 18.0 Å². The highest BCUT2D eigenvalue weighted by molar-refractivity contribution is 8.18. The van der Waals surface area contributed by atoms with Crippen molar-refractivity contribution < 1.29 is 39.0 Å². The summed E-state index contributed by atoms with van der Waals surface area (Å²) in [6.07, 6.45) is 1.42. The first-order chi connectivity index (χ1) is 12.2. The van der Waals surface area contributed by atoms with Crippen molar-refractivity contribution in [2.75, 3.05) is 53.8 Å². The Balaban J connectivity index is -0.0000000995. The first kappa shape index (κ1) is 39.6. The van der Waals surface area contributed by atoms with E-state index < -0.39 is 39.5 Å². The maximum absolute atomic E-state index is 11.0. The number of nitrogens with one attached hydrogen (secondary N) is 2. The molecule has 0 saturated carbocycles. The van der Waals surface area contributed by atoms with E-state index in [2.05, 4.69) is 27.1 Å². The van der Waals surface area contributed by atoms with Gasteiger partial charge in [0, 0.05) is 30.5 Å². The number of hydrogen-bond acceptors (Lipinski definition) is 9. The highest BCUT2D eigenvalue weighted by Gasteiger charge is 2.11. The van der Waals surface area contributed by atoms with Gasteiger partial charge in [-0.2, -0.15) is 8.42 Å². The average molecular weight is 551 g/mol. The number of hydrogen-bond donors (Lipinski definition) is 3. The van der Waals surface area contributed by atoms with Gasteiger partial charge in [0.25, 0.3) is 0 Å². The normalized spacial score (nSPS) is 11.5. The minimum absolute atomic E-state index is 0. The van der Waals surface area contributed by atoms with Crippen LogP contribution in [0.25, 0.3) is 4.13 Å². The molecule has 0 heterocycles. The smallest absolute Gasteiger partial charge is 0.310 e. The van der Waals surface area contributed by atoms with Crippen molar-refractivity contribution in [1.29, 1.82) is 0 Å². The number of quaternary nitrogens is 1. The molecule has 0 aliphatic rings. The molecule has 0 aromatic rings. The molecule has 19 heteroatoms. The van der Waals surface area contributed by atoms with E-state index in [0.29, 0.717) is 6.26 Å². The van der Waals surface area contributed by atoms with E-state index in [1.54, 1.807) is 6.92 Å². The standard InChI is InChI=1S/C4H11N2O4S2.C3H9N.C2H7N.CH4ClNO4S2.ClH/c1-4-6(2)12(9,10)5-11(3,7)8;1-3-4-2;1-3-2;1-8(4,5)3-9(2,6)7;/h4H2,1-3H3;4H,3H2,1-2H3;3H,1-2H3;3H,1H3;1H/q-1;;;;/p+1. The number of halogens is 2. The molecule has 0 amide bonds. The quantitative estimate of drug-likeness (QED) is 0.300. The summed E-state index contributed by atoms with van der Waals surface area (Å²) in [6.45, 7) is 4.90. The zero-order valence-electron chi connectivity index (χ0n) is 17.6. The molecule has 13 nitrogen and oxygen atoms in total. The molecule has 0 aromatic heterocycles. The first-order valence-electron chi connectivity index (χ1n) is 7.45. The lowest BCUT2D eigenvalue weighted by Crippen LogP contribution is -2.74. The summed E-state index contributed by atoms with van der Waals surface area (Å²) in [5, 5.41) is 4.93. The van der Waals surface area contributed by atoms with Gasteiger partial charge < -0.3 is 14.8 Å². The fourth-order valence-corrected chi connectivity index (χ4v) is 5.20. The zero-order valence-corrected chi connectivity index (χ0v) is 22.4. The number of rotatable bonds is 7. The molecule has 0 aliphatic heterocycles. The van der Waals surface area contributed by atoms with Crippen LogP contribution in [0, 0.1) is 0 Å². The summed E-state index contributed by atoms with van der Waals surface area (Å²) in [7, 11) is -4.05. The Kier molecular flexibility index (Phi) is 25.8. The highest BCUT2D eigenvalue weighted by atomic mass is 35.7. The van der Waals surface area contributed by atoms with E-state index in [4.69, 9.17) is 0 Å². The van der Waals surface area contributed by atoms with E-state index in [1.165, 1.54) is 11.2 Å². The second-order valence-electron chi connectivity index (χ2n) is 4.78. The van der Waals surface area contributed by atoms with Crippen molar-refractivity contribution in [1.82, 2.24) is 13.7 Å². The Hall–Kier alpha value is 0.180. The van der Waals surface area contributed by atoms with Gasteiger partial charge in [0.15, 0.2) is 0 Å². The van der Waals surface area contributed by atoms with E-state index in [1.807, 2.05) is 26.5 Å². The molecule has 0 spiro atoms. The second-order valence-corrected chi connectivity index (χ2v) is 12.7. The topological polar surface area (TPSA) is 195 Å². The van der Waals surface area contributed by atoms with Gasteiger partial charge in [0.1, 0.15) is 10.2 Å². The Labute approximate surface area is 186 Å². The summed E-state index contributed by atoms with van der Waals surface area (Å²) in [5.74, 6) is 0. The van der Waals surface area contributed by atoms with Crippen LogP contribution in [0.4, 0.5) is 0 Å². The third-order valence-corrected chi connectivity index (χ3v) is 7.13. The number of nitrogens with two attached hydrogens (primary N) is 1. The van der Waals surface area contributed by atoms with Crippen molar-refractivity contribution >= 4 is 62.6 Å². The molecule has 0 radical (unpaired) electrons. The lowest BCUT2D eigenvalue weighted by molar-refractivity contribution is -0.597. The Morgan fingerprint density at radius 1 is 0.966 bits per heavy atom. The SMILES string of the molecule is CCN(C)S(=O)(=O)[N-]S(C)(=O)=O.CCNC.CS(=O)(=O)NS(=O)(=O)Cl.C[NH2+]C.Cl. The van der Waals surface area contributed by atoms with E-state index in [-0.39, 0.29) is 19.0 Å². The van der Waals surface area contributed by atoms with Crippen molar-refractivity contribution in [3.8, 4) is 0 Å². The predicted molar refractivity (Wildman–Crippen MR) is 119 cm³/mol. The maximum Gasteiger partial charge on any atom is 0.310 e. The predicted octanol–water partition coefficient (Wildman–Crippen LogP) is -2.01. The fraction of sp³-hybridized carbons (Fsp3) is 1.00. The summed E-state index contributed by atoms with van der Waals surface area (Å²) in [6, 6.07) is 0. The van der Waals surface area contributed by atoms with E-state index in [0.717, 1.165) is 17.1 Å². The molecular weight excluding hydrogens is 517 g/mol. The fourth-order valence-electron chi connectivity index (χ4n) is 0.572. The second kappa shape index (κ2) is 18.9. The lowest BCUT2D eigenvalue weighted by atomic mass is 10.8. The largest absolute Gasteiger partial charge is 0.423 e. The molecule has 0 aromatic carbocycles. The Morgan fingerprint density at radius 3 is 1.38 bits per heavy atom. The highest BCUT2D eigenvalue weighted by Crippen LogP contribution is 2.10. The molecule has 4 N–H and O–H groups in total. The van der Waals surface area contributed by atoms with Crippen LogP contribution < -0.4 is 14.8 Å². The summed E-state index contributed by atoms with van der Waals surface area (Å²) in [5.41, 5.74) is 0. The molecular formula is C10H33Cl2N5O8S4. The first-order valence-corrected chi connectivity index (χ1v) is 14.9. The monoisotopic (exact) mass is 549 g/mol. The van der Waals surface area contributed by atoms with Gasteiger partial charge >= 0.3 is 9.24 Å². The van der Waals surface area contributed by atoms with Crippen LogP contribution in [0.15, 0.2) is 0 Å². The van der Waals surface area contributed by atoms with Crippen LogP contribution in [-0.4, -0.2) is 91.8 Å². The molecule has 0 unspecified atom stereocenters. The maximum atomic E-state index is 11.0. The molecule has 29 heavy (non-hydrogen) atoms. The van der Waals surface area contributed by atoms with Crippen molar-refractivity contribution in [2.24, 2.45) is 0 Å². The molecule has 0 bridgehead atoms. The van der Waals surface area contributed by atoms with Crippen LogP contribution in [0.1, 0.15) is 13.8 Å². The minimum Gasteiger partial charge on any atom is -0.423 e. The molecule has 184 valence electrons. The average Bonchev–Trinajstić information content (AvgIpc) is 2.41. The van der Waals surface area contributed by atoms with Crippen LogP contribution in [-0.2, 0) is 39.5 Å². The van der Waals surface area contributed by atoms with Gasteiger partial charge in [0.05, 0.1) is 30.4 Å².